The first-order valence-electron chi connectivity index (χ1n) is 3.11. The molecule has 0 saturated carbocycles. The lowest BCUT2D eigenvalue weighted by atomic mass is 10.2. The quantitative estimate of drug-likeness (QED) is 0.492. The smallest absolute Gasteiger partial charge is 0.239 e. The Kier molecular flexibility index (Phi) is 2.09. The third kappa shape index (κ3) is 1.69. The maximum absolute atomic E-state index is 5.59. The molecular weight excluding hydrogens is 142 g/mol. The molecule has 1 aromatic rings. The van der Waals surface area contributed by atoms with Gasteiger partial charge in [0.1, 0.15) is 5.82 Å². The van der Waals surface area contributed by atoms with Crippen LogP contribution in [0, 0.1) is 12.3 Å². The SMILES string of the molecule is C#CC[C@@H](N)c1nc(N)n[nH]1. The Morgan fingerprint density at radius 2 is 2.45 bits per heavy atom. The molecular formula is C6H9N5. The van der Waals surface area contributed by atoms with Crippen molar-refractivity contribution in [2.75, 3.05) is 5.73 Å². The molecule has 0 aliphatic carbocycles. The van der Waals surface area contributed by atoms with Gasteiger partial charge in [0.2, 0.25) is 5.95 Å². The average Bonchev–Trinajstić information content (AvgIpc) is 2.36. The zero-order valence-electron chi connectivity index (χ0n) is 5.91. The molecule has 0 aromatic carbocycles. The molecule has 0 unspecified atom stereocenters. The highest BCUT2D eigenvalue weighted by Crippen LogP contribution is 2.07. The molecule has 0 spiro atoms. The van der Waals surface area contributed by atoms with Crippen LogP contribution in [0.15, 0.2) is 0 Å². The van der Waals surface area contributed by atoms with Crippen molar-refractivity contribution in [2.45, 2.75) is 12.5 Å². The Labute approximate surface area is 64.2 Å². The minimum absolute atomic E-state index is 0.187. The minimum Gasteiger partial charge on any atom is -0.367 e. The summed E-state index contributed by atoms with van der Waals surface area (Å²) in [5.41, 5.74) is 10.8. The van der Waals surface area contributed by atoms with Crippen LogP contribution in [0.1, 0.15) is 18.3 Å². The third-order valence-electron chi connectivity index (χ3n) is 1.21. The number of terminal acetylenes is 1. The molecule has 5 nitrogen and oxygen atoms in total. The van der Waals surface area contributed by atoms with E-state index in [-0.39, 0.29) is 12.0 Å². The normalized spacial score (nSPS) is 12.4. The number of aromatic nitrogens is 3. The minimum atomic E-state index is -0.301. The standard InChI is InChI=1S/C6H9N5/c1-2-3-4(7)5-9-6(8)11-10-5/h1,4H,3,7H2,(H3,8,9,10,11)/t4-/m1/s1. The molecule has 0 aliphatic rings. The van der Waals surface area contributed by atoms with E-state index in [1.54, 1.807) is 0 Å². The van der Waals surface area contributed by atoms with E-state index < -0.39 is 0 Å². The number of nitrogen functional groups attached to an aromatic ring is 1. The summed E-state index contributed by atoms with van der Waals surface area (Å²) in [5, 5.41) is 6.20. The first kappa shape index (κ1) is 7.57. The Morgan fingerprint density at radius 3 is 2.91 bits per heavy atom. The first-order chi connectivity index (χ1) is 5.24. The van der Waals surface area contributed by atoms with E-state index in [0.29, 0.717) is 12.2 Å². The van der Waals surface area contributed by atoms with Crippen molar-refractivity contribution < 1.29 is 0 Å². The highest BCUT2D eigenvalue weighted by molar-refractivity contribution is 5.14. The summed E-state index contributed by atoms with van der Waals surface area (Å²) in [6.45, 7) is 0. The Balaban J connectivity index is 2.70. The van der Waals surface area contributed by atoms with Crippen LogP contribution in [0.25, 0.3) is 0 Å². The number of hydrogen-bond acceptors (Lipinski definition) is 4. The Hall–Kier alpha value is -1.54. The van der Waals surface area contributed by atoms with Crippen molar-refractivity contribution in [3.8, 4) is 12.3 Å². The molecule has 1 rings (SSSR count). The van der Waals surface area contributed by atoms with Gasteiger partial charge in [-0.3, -0.25) is 5.10 Å². The van der Waals surface area contributed by atoms with E-state index in [4.69, 9.17) is 17.9 Å². The second-order valence-electron chi connectivity index (χ2n) is 2.09. The number of anilines is 1. The molecule has 11 heavy (non-hydrogen) atoms. The number of nitrogens with zero attached hydrogens (tertiary/aromatic N) is 2. The maximum atomic E-state index is 5.59. The largest absolute Gasteiger partial charge is 0.367 e. The summed E-state index contributed by atoms with van der Waals surface area (Å²) < 4.78 is 0. The molecule has 0 fully saturated rings. The van der Waals surface area contributed by atoms with Gasteiger partial charge in [0.25, 0.3) is 0 Å². The van der Waals surface area contributed by atoms with Gasteiger partial charge in [0.05, 0.1) is 6.04 Å². The number of nitrogens with one attached hydrogen (secondary N) is 1. The van der Waals surface area contributed by atoms with E-state index in [1.165, 1.54) is 0 Å². The topological polar surface area (TPSA) is 93.6 Å². The lowest BCUT2D eigenvalue weighted by Crippen LogP contribution is -2.11. The van der Waals surface area contributed by atoms with Crippen LogP contribution in [0.2, 0.25) is 0 Å². The predicted octanol–water partition coefficient (Wildman–Crippen LogP) is -0.590. The van der Waals surface area contributed by atoms with Crippen LogP contribution < -0.4 is 11.5 Å². The van der Waals surface area contributed by atoms with E-state index >= 15 is 0 Å². The van der Waals surface area contributed by atoms with Crippen molar-refractivity contribution >= 4 is 5.95 Å². The van der Waals surface area contributed by atoms with Crippen molar-refractivity contribution in [2.24, 2.45) is 5.73 Å². The van der Waals surface area contributed by atoms with Gasteiger partial charge in [0.15, 0.2) is 0 Å². The summed E-state index contributed by atoms with van der Waals surface area (Å²) in [5.74, 6) is 3.14. The fourth-order valence-electron chi connectivity index (χ4n) is 0.677. The highest BCUT2D eigenvalue weighted by atomic mass is 15.3. The van der Waals surface area contributed by atoms with Crippen LogP contribution in [0.3, 0.4) is 0 Å². The summed E-state index contributed by atoms with van der Waals surface area (Å²) >= 11 is 0. The molecule has 58 valence electrons. The van der Waals surface area contributed by atoms with Crippen molar-refractivity contribution in [1.82, 2.24) is 15.2 Å². The maximum Gasteiger partial charge on any atom is 0.239 e. The van der Waals surface area contributed by atoms with Crippen LogP contribution in [-0.2, 0) is 0 Å². The fourth-order valence-corrected chi connectivity index (χ4v) is 0.677. The summed E-state index contributed by atoms with van der Waals surface area (Å²) in [4.78, 5) is 3.82. The van der Waals surface area contributed by atoms with Crippen molar-refractivity contribution in [1.29, 1.82) is 0 Å². The highest BCUT2D eigenvalue weighted by Gasteiger charge is 2.07. The molecule has 0 aliphatic heterocycles. The van der Waals surface area contributed by atoms with E-state index in [0.717, 1.165) is 0 Å². The molecule has 1 aromatic heterocycles. The van der Waals surface area contributed by atoms with E-state index in [2.05, 4.69) is 21.1 Å². The molecule has 5 heteroatoms. The molecule has 5 N–H and O–H groups in total. The van der Waals surface area contributed by atoms with Gasteiger partial charge in [-0.05, 0) is 0 Å². The molecule has 1 heterocycles. The number of hydrogen-bond donors (Lipinski definition) is 3. The Bertz CT molecular complexity index is 271. The van der Waals surface area contributed by atoms with E-state index in [1.807, 2.05) is 0 Å². The van der Waals surface area contributed by atoms with Gasteiger partial charge in [0, 0.05) is 6.42 Å². The van der Waals surface area contributed by atoms with Gasteiger partial charge in [-0.15, -0.1) is 17.4 Å². The lowest BCUT2D eigenvalue weighted by molar-refractivity contribution is 0.696. The van der Waals surface area contributed by atoms with Gasteiger partial charge >= 0.3 is 0 Å². The van der Waals surface area contributed by atoms with Gasteiger partial charge in [-0.2, -0.15) is 4.98 Å². The molecule has 0 radical (unpaired) electrons. The summed E-state index contributed by atoms with van der Waals surface area (Å²) in [7, 11) is 0. The third-order valence-corrected chi connectivity index (χ3v) is 1.21. The Morgan fingerprint density at radius 1 is 1.73 bits per heavy atom. The van der Waals surface area contributed by atoms with Crippen LogP contribution in [-0.4, -0.2) is 15.2 Å². The zero-order chi connectivity index (χ0) is 8.27. The van der Waals surface area contributed by atoms with Crippen molar-refractivity contribution in [3.63, 3.8) is 0 Å². The molecule has 0 amide bonds. The van der Waals surface area contributed by atoms with Crippen LogP contribution in [0.5, 0.6) is 0 Å². The lowest BCUT2D eigenvalue weighted by Gasteiger charge is -2.00. The van der Waals surface area contributed by atoms with Crippen molar-refractivity contribution in [3.05, 3.63) is 5.82 Å². The fraction of sp³-hybridized carbons (Fsp3) is 0.333. The zero-order valence-corrected chi connectivity index (χ0v) is 5.91. The number of nitrogens with two attached hydrogens (primary N) is 2. The van der Waals surface area contributed by atoms with E-state index in [9.17, 15) is 0 Å². The molecule has 0 bridgehead atoms. The number of rotatable bonds is 2. The number of aromatic amines is 1. The number of H-pyrrole nitrogens is 1. The second-order valence-corrected chi connectivity index (χ2v) is 2.09. The molecule has 1 atom stereocenters. The first-order valence-corrected chi connectivity index (χ1v) is 3.11. The van der Waals surface area contributed by atoms with Gasteiger partial charge in [-0.1, -0.05) is 0 Å². The molecule has 0 saturated heterocycles. The van der Waals surface area contributed by atoms with Gasteiger partial charge in [-0.25, -0.2) is 0 Å². The van der Waals surface area contributed by atoms with Crippen LogP contribution >= 0.6 is 0 Å². The second kappa shape index (κ2) is 3.03. The monoisotopic (exact) mass is 151 g/mol. The summed E-state index contributed by atoms with van der Waals surface area (Å²) in [6.07, 6.45) is 5.48. The predicted molar refractivity (Wildman–Crippen MR) is 41.2 cm³/mol. The van der Waals surface area contributed by atoms with Gasteiger partial charge < -0.3 is 11.5 Å². The summed E-state index contributed by atoms with van der Waals surface area (Å²) in [6, 6.07) is -0.301. The average molecular weight is 151 g/mol. The van der Waals surface area contributed by atoms with Crippen LogP contribution in [0.4, 0.5) is 5.95 Å².